The van der Waals surface area contributed by atoms with E-state index >= 15 is 0 Å². The summed E-state index contributed by atoms with van der Waals surface area (Å²) in [6, 6.07) is 13.3. The zero-order valence-electron chi connectivity index (χ0n) is 11.8. The molecule has 0 saturated heterocycles. The zero-order chi connectivity index (χ0) is 16.2. The van der Waals surface area contributed by atoms with Gasteiger partial charge in [-0.25, -0.2) is 4.79 Å². The van der Waals surface area contributed by atoms with Gasteiger partial charge in [0.2, 0.25) is 0 Å². The van der Waals surface area contributed by atoms with Gasteiger partial charge < -0.3 is 10.1 Å². The number of aromatic nitrogens is 3. The first-order valence-corrected chi connectivity index (χ1v) is 7.04. The van der Waals surface area contributed by atoms with Crippen molar-refractivity contribution in [3.8, 4) is 17.0 Å². The highest BCUT2D eigenvalue weighted by atomic mass is 35.5. The molecule has 3 aromatic rings. The van der Waals surface area contributed by atoms with Crippen molar-refractivity contribution < 1.29 is 9.53 Å². The quantitative estimate of drug-likeness (QED) is 0.437. The molecule has 0 amide bonds. The number of H-pyrrole nitrogens is 1. The van der Waals surface area contributed by atoms with E-state index in [-0.39, 0.29) is 0 Å². The number of esters is 1. The first-order valence-electron chi connectivity index (χ1n) is 6.67. The lowest BCUT2D eigenvalue weighted by Gasteiger charge is -2.05. The van der Waals surface area contributed by atoms with Crippen LogP contribution in [-0.2, 0) is 0 Å². The lowest BCUT2D eigenvalue weighted by Crippen LogP contribution is -2.08. The third-order valence-electron chi connectivity index (χ3n) is 3.13. The number of nitrogens with one attached hydrogen (secondary N) is 2. The normalized spacial score (nSPS) is 10.3. The summed E-state index contributed by atoms with van der Waals surface area (Å²) in [5.74, 6) is -0.0513. The van der Waals surface area contributed by atoms with Crippen LogP contribution in [0.2, 0.25) is 5.02 Å². The molecule has 0 aliphatic rings. The van der Waals surface area contributed by atoms with Crippen LogP contribution in [0.4, 0.5) is 0 Å². The lowest BCUT2D eigenvalue weighted by molar-refractivity contribution is 0.0735. The average molecular weight is 327 g/mol. The fourth-order valence-electron chi connectivity index (χ4n) is 1.98. The summed E-state index contributed by atoms with van der Waals surface area (Å²) in [6.45, 7) is 0. The number of aromatic amines is 1. The number of carbonyl (C=O) groups excluding carboxylic acids is 1. The first-order chi connectivity index (χ1) is 11.2. The van der Waals surface area contributed by atoms with Gasteiger partial charge >= 0.3 is 5.97 Å². The van der Waals surface area contributed by atoms with Crippen molar-refractivity contribution in [1.82, 2.24) is 15.4 Å². The van der Waals surface area contributed by atoms with Crippen molar-refractivity contribution in [1.29, 1.82) is 5.41 Å². The molecule has 0 atom stereocenters. The highest BCUT2D eigenvalue weighted by Gasteiger charge is 2.11. The van der Waals surface area contributed by atoms with E-state index in [4.69, 9.17) is 21.7 Å². The van der Waals surface area contributed by atoms with E-state index in [2.05, 4.69) is 15.4 Å². The third kappa shape index (κ3) is 3.27. The first kappa shape index (κ1) is 14.9. The van der Waals surface area contributed by atoms with E-state index in [0.717, 1.165) is 11.8 Å². The van der Waals surface area contributed by atoms with Gasteiger partial charge in [-0.15, -0.1) is 0 Å². The molecule has 0 unspecified atom stereocenters. The number of rotatable bonds is 4. The van der Waals surface area contributed by atoms with Crippen LogP contribution in [0, 0.1) is 5.41 Å². The second kappa shape index (κ2) is 6.41. The van der Waals surface area contributed by atoms with Crippen LogP contribution < -0.4 is 4.74 Å². The van der Waals surface area contributed by atoms with E-state index in [0.29, 0.717) is 27.7 Å². The fraction of sp³-hybridized carbons (Fsp3) is 0. The topological polar surface area (TPSA) is 91.7 Å². The molecule has 2 N–H and O–H groups in total. The summed E-state index contributed by atoms with van der Waals surface area (Å²) in [5.41, 5.74) is 2.19. The Morgan fingerprint density at radius 1 is 1.09 bits per heavy atom. The molecule has 6 nitrogen and oxygen atoms in total. The number of carbonyl (C=O) groups is 1. The van der Waals surface area contributed by atoms with E-state index in [1.54, 1.807) is 48.5 Å². The Kier molecular flexibility index (Phi) is 4.16. The molecule has 0 bridgehead atoms. The maximum atomic E-state index is 12.0. The SMILES string of the molecule is N=Cc1n[nH]nc1-c1ccc(OC(=O)c2ccc(Cl)cc2)cc1. The van der Waals surface area contributed by atoms with E-state index in [9.17, 15) is 4.79 Å². The Labute approximate surface area is 136 Å². The Balaban J connectivity index is 1.76. The number of halogens is 1. The fourth-order valence-corrected chi connectivity index (χ4v) is 2.11. The van der Waals surface area contributed by atoms with Crippen LogP contribution >= 0.6 is 11.6 Å². The molecule has 0 fully saturated rings. The second-order valence-electron chi connectivity index (χ2n) is 4.62. The number of hydrogen-bond donors (Lipinski definition) is 2. The molecule has 0 spiro atoms. The lowest BCUT2D eigenvalue weighted by atomic mass is 10.1. The number of benzene rings is 2. The monoisotopic (exact) mass is 326 g/mol. The highest BCUT2D eigenvalue weighted by molar-refractivity contribution is 6.30. The Morgan fingerprint density at radius 2 is 1.78 bits per heavy atom. The van der Waals surface area contributed by atoms with Gasteiger partial charge in [-0.2, -0.15) is 15.4 Å². The molecule has 0 aliphatic carbocycles. The van der Waals surface area contributed by atoms with Crippen molar-refractivity contribution in [2.45, 2.75) is 0 Å². The van der Waals surface area contributed by atoms with E-state index in [1.807, 2.05) is 0 Å². The highest BCUT2D eigenvalue weighted by Crippen LogP contribution is 2.22. The Bertz CT molecular complexity index is 841. The molecule has 114 valence electrons. The standard InChI is InChI=1S/C16H11ClN4O2/c17-12-5-1-11(2-6-12)16(22)23-13-7-3-10(4-8-13)15-14(9-18)19-21-20-15/h1-9,18H,(H,19,20,21). The molecular weight excluding hydrogens is 316 g/mol. The van der Waals surface area contributed by atoms with E-state index in [1.165, 1.54) is 0 Å². The molecule has 2 aromatic carbocycles. The smallest absolute Gasteiger partial charge is 0.343 e. The van der Waals surface area contributed by atoms with Crippen LogP contribution in [0.15, 0.2) is 48.5 Å². The number of ether oxygens (including phenoxy) is 1. The molecular formula is C16H11ClN4O2. The number of nitrogens with zero attached hydrogens (tertiary/aromatic N) is 2. The third-order valence-corrected chi connectivity index (χ3v) is 3.38. The number of hydrogen-bond acceptors (Lipinski definition) is 5. The van der Waals surface area contributed by atoms with Crippen LogP contribution in [-0.4, -0.2) is 27.6 Å². The maximum absolute atomic E-state index is 12.0. The van der Waals surface area contributed by atoms with Gasteiger partial charge in [0.25, 0.3) is 0 Å². The Hall–Kier alpha value is -2.99. The molecule has 0 aliphatic heterocycles. The van der Waals surface area contributed by atoms with Crippen molar-refractivity contribution >= 4 is 23.8 Å². The van der Waals surface area contributed by atoms with Crippen molar-refractivity contribution in [3.05, 3.63) is 64.8 Å². The zero-order valence-corrected chi connectivity index (χ0v) is 12.5. The van der Waals surface area contributed by atoms with Gasteiger partial charge in [0.1, 0.15) is 17.1 Å². The average Bonchev–Trinajstić information content (AvgIpc) is 3.05. The van der Waals surface area contributed by atoms with Crippen LogP contribution in [0.1, 0.15) is 16.1 Å². The van der Waals surface area contributed by atoms with E-state index < -0.39 is 5.97 Å². The summed E-state index contributed by atoms with van der Waals surface area (Å²) in [5, 5.41) is 18.1. The minimum atomic E-state index is -0.462. The minimum Gasteiger partial charge on any atom is -0.423 e. The van der Waals surface area contributed by atoms with Gasteiger partial charge in [-0.05, 0) is 48.5 Å². The largest absolute Gasteiger partial charge is 0.423 e. The van der Waals surface area contributed by atoms with Crippen molar-refractivity contribution in [3.63, 3.8) is 0 Å². The minimum absolute atomic E-state index is 0.411. The molecule has 23 heavy (non-hydrogen) atoms. The second-order valence-corrected chi connectivity index (χ2v) is 5.06. The van der Waals surface area contributed by atoms with Crippen LogP contribution in [0.5, 0.6) is 5.75 Å². The Morgan fingerprint density at radius 3 is 2.43 bits per heavy atom. The maximum Gasteiger partial charge on any atom is 0.343 e. The predicted octanol–water partition coefficient (Wildman–Crippen LogP) is 3.34. The van der Waals surface area contributed by atoms with Crippen molar-refractivity contribution in [2.75, 3.05) is 0 Å². The van der Waals surface area contributed by atoms with Crippen LogP contribution in [0.3, 0.4) is 0 Å². The van der Waals surface area contributed by atoms with Gasteiger partial charge in [0.15, 0.2) is 0 Å². The van der Waals surface area contributed by atoms with Crippen molar-refractivity contribution in [2.24, 2.45) is 0 Å². The molecule has 1 heterocycles. The molecule has 3 rings (SSSR count). The van der Waals surface area contributed by atoms with Gasteiger partial charge in [-0.1, -0.05) is 11.6 Å². The summed E-state index contributed by atoms with van der Waals surface area (Å²) in [4.78, 5) is 12.0. The van der Waals surface area contributed by atoms with Gasteiger partial charge in [0, 0.05) is 16.8 Å². The van der Waals surface area contributed by atoms with Gasteiger partial charge in [0.05, 0.1) is 5.56 Å². The molecule has 7 heteroatoms. The summed E-state index contributed by atoms with van der Waals surface area (Å²) in [6.07, 6.45) is 1.12. The molecule has 0 saturated carbocycles. The van der Waals surface area contributed by atoms with Gasteiger partial charge in [-0.3, -0.25) is 0 Å². The summed E-state index contributed by atoms with van der Waals surface area (Å²) in [7, 11) is 0. The molecule has 0 radical (unpaired) electrons. The summed E-state index contributed by atoms with van der Waals surface area (Å²) >= 11 is 5.79. The summed E-state index contributed by atoms with van der Waals surface area (Å²) < 4.78 is 5.30. The predicted molar refractivity (Wildman–Crippen MR) is 86.1 cm³/mol. The molecule has 1 aromatic heterocycles. The van der Waals surface area contributed by atoms with Crippen LogP contribution in [0.25, 0.3) is 11.3 Å².